The smallest absolute Gasteiger partial charge is 0.342 e. The molecule has 0 bridgehead atoms. The van der Waals surface area contributed by atoms with Crippen LogP contribution in [0.5, 0.6) is 5.75 Å². The van der Waals surface area contributed by atoms with Crippen LogP contribution in [-0.2, 0) is 24.1 Å². The molecule has 4 rings (SSSR count). The molecule has 1 unspecified atom stereocenters. The normalized spacial score (nSPS) is 15.5. The number of esters is 1. The first-order valence-electron chi connectivity index (χ1n) is 12.8. The number of carbonyl (C=O) groups excluding carboxylic acids is 1. The van der Waals surface area contributed by atoms with Gasteiger partial charge in [-0.2, -0.15) is 0 Å². The fourth-order valence-corrected chi connectivity index (χ4v) is 5.12. The Labute approximate surface area is 208 Å². The summed E-state index contributed by atoms with van der Waals surface area (Å²) in [5.41, 5.74) is 4.91. The summed E-state index contributed by atoms with van der Waals surface area (Å²) in [7, 11) is 1.37. The van der Waals surface area contributed by atoms with Gasteiger partial charge < -0.3 is 9.84 Å². The fraction of sp³-hybridized carbons (Fsp3) is 0.400. The van der Waals surface area contributed by atoms with Crippen molar-refractivity contribution in [1.82, 2.24) is 9.88 Å². The van der Waals surface area contributed by atoms with E-state index in [-0.39, 0.29) is 11.8 Å². The summed E-state index contributed by atoms with van der Waals surface area (Å²) in [6.45, 7) is 3.87. The zero-order valence-electron chi connectivity index (χ0n) is 20.9. The fourth-order valence-electron chi connectivity index (χ4n) is 5.12. The summed E-state index contributed by atoms with van der Waals surface area (Å²) in [6, 6.07) is 20.6. The van der Waals surface area contributed by atoms with E-state index in [0.717, 1.165) is 42.8 Å². The van der Waals surface area contributed by atoms with E-state index in [1.54, 1.807) is 0 Å². The molecule has 0 amide bonds. The average molecular weight is 473 g/mol. The van der Waals surface area contributed by atoms with E-state index in [0.29, 0.717) is 24.1 Å². The van der Waals surface area contributed by atoms with Crippen LogP contribution in [0.2, 0.25) is 0 Å². The minimum atomic E-state index is -0.489. The van der Waals surface area contributed by atoms with Gasteiger partial charge in [-0.3, -0.25) is 9.88 Å². The summed E-state index contributed by atoms with van der Waals surface area (Å²) in [5, 5.41) is 11.2. The van der Waals surface area contributed by atoms with Crippen molar-refractivity contribution < 1.29 is 14.6 Å². The molecular formula is C30H36N2O3. The van der Waals surface area contributed by atoms with Gasteiger partial charge in [-0.15, -0.1) is 0 Å². The lowest BCUT2D eigenvalue weighted by Gasteiger charge is -2.38. The summed E-state index contributed by atoms with van der Waals surface area (Å²) in [6.07, 6.45) is 6.79. The number of aromatic hydroxyl groups is 1. The Morgan fingerprint density at radius 3 is 2.37 bits per heavy atom. The van der Waals surface area contributed by atoms with Gasteiger partial charge in [-0.05, 0) is 29.5 Å². The highest BCUT2D eigenvalue weighted by molar-refractivity contribution is 5.94. The first-order valence-corrected chi connectivity index (χ1v) is 12.8. The van der Waals surface area contributed by atoms with Gasteiger partial charge in [0.2, 0.25) is 0 Å². The summed E-state index contributed by atoms with van der Waals surface area (Å²) in [5.74, 6) is -0.530. The number of unbranched alkanes of at least 4 members (excludes halogenated alkanes) is 3. The molecule has 1 atom stereocenters. The van der Waals surface area contributed by atoms with Crippen LogP contribution in [0.1, 0.15) is 83.5 Å². The zero-order valence-corrected chi connectivity index (χ0v) is 20.9. The van der Waals surface area contributed by atoms with Crippen LogP contribution >= 0.6 is 0 Å². The lowest BCUT2D eigenvalue weighted by atomic mass is 9.88. The van der Waals surface area contributed by atoms with Crippen molar-refractivity contribution in [2.45, 2.75) is 64.5 Å². The molecule has 184 valence electrons. The van der Waals surface area contributed by atoms with E-state index in [4.69, 9.17) is 9.72 Å². The molecule has 0 saturated carbocycles. The molecule has 0 fully saturated rings. The predicted molar refractivity (Wildman–Crippen MR) is 139 cm³/mol. The minimum Gasteiger partial charge on any atom is -0.505 e. The Hall–Kier alpha value is -3.18. The lowest BCUT2D eigenvalue weighted by molar-refractivity contribution is 0.0593. The van der Waals surface area contributed by atoms with Gasteiger partial charge >= 0.3 is 5.97 Å². The van der Waals surface area contributed by atoms with Gasteiger partial charge in [0.1, 0.15) is 5.56 Å². The molecule has 3 aromatic rings. The van der Waals surface area contributed by atoms with Crippen molar-refractivity contribution in [3.63, 3.8) is 0 Å². The molecule has 1 N–H and O–H groups in total. The number of nitrogens with zero attached hydrogens (tertiary/aromatic N) is 2. The SMILES string of the molecule is CCCCCCC1c2nc(Cc3ccccc3)c(O)c(C(=O)OC)c2CCN1Cc1ccccc1. The monoisotopic (exact) mass is 472 g/mol. The summed E-state index contributed by atoms with van der Waals surface area (Å²) < 4.78 is 5.12. The molecule has 2 aromatic carbocycles. The van der Waals surface area contributed by atoms with E-state index in [9.17, 15) is 9.90 Å². The van der Waals surface area contributed by atoms with Gasteiger partial charge in [0.25, 0.3) is 0 Å². The molecule has 0 radical (unpaired) electrons. The van der Waals surface area contributed by atoms with Crippen molar-refractivity contribution >= 4 is 5.97 Å². The number of carbonyl (C=O) groups is 1. The molecule has 0 aliphatic carbocycles. The van der Waals surface area contributed by atoms with E-state index >= 15 is 0 Å². The highest BCUT2D eigenvalue weighted by Crippen LogP contribution is 2.39. The van der Waals surface area contributed by atoms with Crippen LogP contribution in [0.25, 0.3) is 0 Å². The van der Waals surface area contributed by atoms with Crippen LogP contribution in [-0.4, -0.2) is 34.6 Å². The van der Waals surface area contributed by atoms with Crippen LogP contribution in [0, 0.1) is 0 Å². The van der Waals surface area contributed by atoms with Crippen molar-refractivity contribution in [1.29, 1.82) is 0 Å². The van der Waals surface area contributed by atoms with Crippen LogP contribution in [0.3, 0.4) is 0 Å². The number of rotatable bonds is 10. The second-order valence-electron chi connectivity index (χ2n) is 9.37. The van der Waals surface area contributed by atoms with Crippen molar-refractivity contribution in [3.8, 4) is 5.75 Å². The van der Waals surface area contributed by atoms with E-state index in [1.807, 2.05) is 36.4 Å². The van der Waals surface area contributed by atoms with Gasteiger partial charge in [-0.25, -0.2) is 4.79 Å². The topological polar surface area (TPSA) is 62.7 Å². The minimum absolute atomic E-state index is 0.0410. The van der Waals surface area contributed by atoms with Crippen LogP contribution in [0.4, 0.5) is 0 Å². The third-order valence-electron chi connectivity index (χ3n) is 6.95. The van der Waals surface area contributed by atoms with Crippen molar-refractivity contribution in [2.75, 3.05) is 13.7 Å². The lowest BCUT2D eigenvalue weighted by Crippen LogP contribution is -2.37. The maximum atomic E-state index is 12.9. The largest absolute Gasteiger partial charge is 0.505 e. The third-order valence-corrected chi connectivity index (χ3v) is 6.95. The molecule has 2 heterocycles. The highest BCUT2D eigenvalue weighted by Gasteiger charge is 2.34. The molecule has 5 nitrogen and oxygen atoms in total. The first kappa shape index (κ1) is 24.9. The Morgan fingerprint density at radius 2 is 1.71 bits per heavy atom. The average Bonchev–Trinajstić information content (AvgIpc) is 2.89. The maximum absolute atomic E-state index is 12.9. The standard InChI is InChI=1S/C30H36N2O3/c1-3-4-5-12-17-26-28-24(18-19-32(26)21-23-15-10-7-11-16-23)27(30(34)35-2)29(33)25(31-28)20-22-13-8-6-9-14-22/h6-11,13-16,26,33H,3-5,12,17-21H2,1-2H3. The molecule has 1 aromatic heterocycles. The number of methoxy groups -OCH3 is 1. The van der Waals surface area contributed by atoms with Gasteiger partial charge in [-0.1, -0.05) is 93.3 Å². The number of aromatic nitrogens is 1. The number of benzene rings is 2. The number of hydrogen-bond acceptors (Lipinski definition) is 5. The number of fused-ring (bicyclic) bond motifs is 1. The second kappa shape index (κ2) is 12.0. The van der Waals surface area contributed by atoms with E-state index in [2.05, 4.69) is 36.1 Å². The molecule has 1 aliphatic rings. The predicted octanol–water partition coefficient (Wildman–Crippen LogP) is 6.23. The number of hydrogen-bond donors (Lipinski definition) is 1. The quantitative estimate of drug-likeness (QED) is 0.280. The van der Waals surface area contributed by atoms with Crippen molar-refractivity contribution in [3.05, 3.63) is 94.3 Å². The van der Waals surface area contributed by atoms with Gasteiger partial charge in [0, 0.05) is 19.5 Å². The van der Waals surface area contributed by atoms with Crippen molar-refractivity contribution in [2.24, 2.45) is 0 Å². The van der Waals surface area contributed by atoms with E-state index in [1.165, 1.54) is 31.9 Å². The molecular weight excluding hydrogens is 436 g/mol. The Balaban J connectivity index is 1.76. The molecule has 0 spiro atoms. The second-order valence-corrected chi connectivity index (χ2v) is 9.37. The third kappa shape index (κ3) is 5.91. The summed E-state index contributed by atoms with van der Waals surface area (Å²) >= 11 is 0. The first-order chi connectivity index (χ1) is 17.1. The van der Waals surface area contributed by atoms with Gasteiger partial charge in [0.05, 0.1) is 24.5 Å². The van der Waals surface area contributed by atoms with E-state index < -0.39 is 5.97 Å². The zero-order chi connectivity index (χ0) is 24.6. The summed E-state index contributed by atoms with van der Waals surface area (Å²) in [4.78, 5) is 20.4. The maximum Gasteiger partial charge on any atom is 0.342 e. The molecule has 35 heavy (non-hydrogen) atoms. The highest BCUT2D eigenvalue weighted by atomic mass is 16.5. The van der Waals surface area contributed by atoms with Crippen LogP contribution in [0.15, 0.2) is 60.7 Å². The Bertz CT molecular complexity index is 1120. The van der Waals surface area contributed by atoms with Crippen LogP contribution < -0.4 is 0 Å². The van der Waals surface area contributed by atoms with Gasteiger partial charge in [0.15, 0.2) is 5.75 Å². The Morgan fingerprint density at radius 1 is 1.03 bits per heavy atom. The molecule has 5 heteroatoms. The molecule has 1 aliphatic heterocycles. The number of ether oxygens (including phenoxy) is 1. The number of pyridine rings is 1. The Kier molecular flexibility index (Phi) is 8.54. The molecule has 0 saturated heterocycles.